The maximum absolute atomic E-state index is 11.3. The van der Waals surface area contributed by atoms with Crippen molar-refractivity contribution in [1.82, 2.24) is 5.32 Å². The van der Waals surface area contributed by atoms with Crippen LogP contribution in [0.4, 0.5) is 0 Å². The van der Waals surface area contributed by atoms with Crippen molar-refractivity contribution >= 4 is 23.6 Å². The second-order valence-electron chi connectivity index (χ2n) is 3.63. The second kappa shape index (κ2) is 9.15. The Morgan fingerprint density at radius 1 is 1.28 bits per heavy atom. The van der Waals surface area contributed by atoms with Gasteiger partial charge < -0.3 is 25.4 Å². The van der Waals surface area contributed by atoms with Crippen molar-refractivity contribution < 1.29 is 29.6 Å². The number of amides is 1. The number of aliphatic hydroxyl groups is 3. The standard InChI is InChI=1S/C10H19NO6S/c1-6(13)11-7(10(16)17-2)4-18-5-9(15)8(14)3-12/h7-9,12,14-15H,3-5H2,1-2H3,(H,11,13)/t7-,8-,9+/m0/s1. The topological polar surface area (TPSA) is 116 Å². The molecule has 0 saturated heterocycles. The van der Waals surface area contributed by atoms with Crippen LogP contribution in [-0.2, 0) is 14.3 Å². The molecule has 0 aliphatic carbocycles. The van der Waals surface area contributed by atoms with Gasteiger partial charge in [-0.05, 0) is 0 Å². The Kier molecular flexibility index (Phi) is 8.73. The lowest BCUT2D eigenvalue weighted by Gasteiger charge is -2.18. The summed E-state index contributed by atoms with van der Waals surface area (Å²) >= 11 is 1.16. The van der Waals surface area contributed by atoms with Gasteiger partial charge in [0.1, 0.15) is 12.1 Å². The van der Waals surface area contributed by atoms with Crippen LogP contribution in [0.3, 0.4) is 0 Å². The van der Waals surface area contributed by atoms with Gasteiger partial charge in [0.2, 0.25) is 5.91 Å². The summed E-state index contributed by atoms with van der Waals surface area (Å²) in [6, 6.07) is -0.795. The van der Waals surface area contributed by atoms with Gasteiger partial charge in [0.25, 0.3) is 0 Å². The third-order valence-electron chi connectivity index (χ3n) is 2.07. The van der Waals surface area contributed by atoms with Crippen LogP contribution in [-0.4, -0.2) is 70.7 Å². The molecular formula is C10H19NO6S. The highest BCUT2D eigenvalue weighted by Crippen LogP contribution is 2.09. The smallest absolute Gasteiger partial charge is 0.329 e. The lowest BCUT2D eigenvalue weighted by atomic mass is 10.2. The number of ether oxygens (including phenoxy) is 1. The van der Waals surface area contributed by atoms with E-state index in [2.05, 4.69) is 10.1 Å². The van der Waals surface area contributed by atoms with Crippen molar-refractivity contribution in [2.24, 2.45) is 0 Å². The molecule has 0 bridgehead atoms. The highest BCUT2D eigenvalue weighted by atomic mass is 32.2. The molecule has 0 aliphatic rings. The number of methoxy groups -OCH3 is 1. The molecule has 0 aromatic carbocycles. The van der Waals surface area contributed by atoms with Crippen molar-refractivity contribution in [3.63, 3.8) is 0 Å². The number of esters is 1. The van der Waals surface area contributed by atoms with E-state index in [-0.39, 0.29) is 17.4 Å². The van der Waals surface area contributed by atoms with Gasteiger partial charge >= 0.3 is 5.97 Å². The molecular weight excluding hydrogens is 262 g/mol. The van der Waals surface area contributed by atoms with E-state index in [1.54, 1.807) is 0 Å². The molecule has 106 valence electrons. The normalized spacial score (nSPS) is 15.6. The number of nitrogens with one attached hydrogen (secondary N) is 1. The number of rotatable bonds is 8. The molecule has 7 nitrogen and oxygen atoms in total. The van der Waals surface area contributed by atoms with Crippen LogP contribution in [0.2, 0.25) is 0 Å². The molecule has 0 unspecified atom stereocenters. The average Bonchev–Trinajstić information content (AvgIpc) is 2.34. The summed E-state index contributed by atoms with van der Waals surface area (Å²) in [6.45, 7) is 0.749. The van der Waals surface area contributed by atoms with Crippen molar-refractivity contribution in [3.8, 4) is 0 Å². The Morgan fingerprint density at radius 3 is 2.33 bits per heavy atom. The summed E-state index contributed by atoms with van der Waals surface area (Å²) in [4.78, 5) is 22.2. The predicted molar refractivity (Wildman–Crippen MR) is 66.0 cm³/mol. The number of carbonyl (C=O) groups excluding carboxylic acids is 2. The lowest BCUT2D eigenvalue weighted by molar-refractivity contribution is -0.144. The van der Waals surface area contributed by atoms with Crippen LogP contribution in [0, 0.1) is 0 Å². The van der Waals surface area contributed by atoms with Gasteiger partial charge in [-0.2, -0.15) is 11.8 Å². The summed E-state index contributed by atoms with van der Waals surface area (Å²) in [5.41, 5.74) is 0. The van der Waals surface area contributed by atoms with E-state index >= 15 is 0 Å². The molecule has 0 radical (unpaired) electrons. The summed E-state index contributed by atoms with van der Waals surface area (Å²) < 4.78 is 4.52. The molecule has 0 fully saturated rings. The van der Waals surface area contributed by atoms with Gasteiger partial charge in [-0.15, -0.1) is 0 Å². The predicted octanol–water partition coefficient (Wildman–Crippen LogP) is -1.89. The Bertz CT molecular complexity index is 275. The number of aliphatic hydroxyl groups excluding tert-OH is 3. The monoisotopic (exact) mass is 281 g/mol. The zero-order chi connectivity index (χ0) is 14.1. The fourth-order valence-corrected chi connectivity index (χ4v) is 2.15. The minimum atomic E-state index is -1.21. The third-order valence-corrected chi connectivity index (χ3v) is 3.21. The first-order valence-electron chi connectivity index (χ1n) is 5.32. The van der Waals surface area contributed by atoms with Crippen molar-refractivity contribution in [2.75, 3.05) is 25.2 Å². The maximum Gasteiger partial charge on any atom is 0.329 e. The van der Waals surface area contributed by atoms with Gasteiger partial charge in [-0.1, -0.05) is 0 Å². The zero-order valence-corrected chi connectivity index (χ0v) is 11.1. The Morgan fingerprint density at radius 2 is 1.89 bits per heavy atom. The number of hydrogen-bond acceptors (Lipinski definition) is 7. The first kappa shape index (κ1) is 17.2. The van der Waals surface area contributed by atoms with E-state index in [1.807, 2.05) is 0 Å². The van der Waals surface area contributed by atoms with E-state index in [9.17, 15) is 14.7 Å². The molecule has 3 atom stereocenters. The highest BCUT2D eigenvalue weighted by Gasteiger charge is 2.21. The SMILES string of the molecule is COC(=O)[C@H](CSC[C@@H](O)[C@@H](O)CO)NC(C)=O. The number of carbonyl (C=O) groups is 2. The highest BCUT2D eigenvalue weighted by molar-refractivity contribution is 7.99. The van der Waals surface area contributed by atoms with E-state index < -0.39 is 30.8 Å². The first-order valence-corrected chi connectivity index (χ1v) is 6.47. The summed E-state index contributed by atoms with van der Waals surface area (Å²) in [5, 5.41) is 29.5. The summed E-state index contributed by atoms with van der Waals surface area (Å²) in [6.07, 6.45) is -2.30. The van der Waals surface area contributed by atoms with Gasteiger partial charge in [0, 0.05) is 18.4 Å². The minimum absolute atomic E-state index is 0.134. The molecule has 8 heteroatoms. The van der Waals surface area contributed by atoms with Crippen LogP contribution < -0.4 is 5.32 Å². The van der Waals surface area contributed by atoms with Crippen molar-refractivity contribution in [2.45, 2.75) is 25.2 Å². The average molecular weight is 281 g/mol. The second-order valence-corrected chi connectivity index (χ2v) is 4.71. The molecule has 0 aliphatic heterocycles. The quantitative estimate of drug-likeness (QED) is 0.384. The van der Waals surface area contributed by atoms with Crippen LogP contribution >= 0.6 is 11.8 Å². The molecule has 0 heterocycles. The minimum Gasteiger partial charge on any atom is -0.467 e. The molecule has 4 N–H and O–H groups in total. The summed E-state index contributed by atoms with van der Waals surface area (Å²) in [5.74, 6) is -0.590. The maximum atomic E-state index is 11.3. The Balaban J connectivity index is 4.11. The fourth-order valence-electron chi connectivity index (χ4n) is 1.10. The first-order chi connectivity index (χ1) is 8.42. The molecule has 18 heavy (non-hydrogen) atoms. The van der Waals surface area contributed by atoms with E-state index in [1.165, 1.54) is 14.0 Å². The van der Waals surface area contributed by atoms with Crippen LogP contribution in [0.25, 0.3) is 0 Å². The van der Waals surface area contributed by atoms with Crippen LogP contribution in [0.1, 0.15) is 6.92 Å². The molecule has 0 rings (SSSR count). The molecule has 0 aromatic rings. The molecule has 0 saturated carbocycles. The van der Waals surface area contributed by atoms with Gasteiger partial charge in [-0.25, -0.2) is 4.79 Å². The third kappa shape index (κ3) is 6.80. The Hall–Kier alpha value is -0.830. The molecule has 0 aromatic heterocycles. The van der Waals surface area contributed by atoms with Crippen molar-refractivity contribution in [3.05, 3.63) is 0 Å². The summed E-state index contributed by atoms with van der Waals surface area (Å²) in [7, 11) is 1.21. The van der Waals surface area contributed by atoms with Gasteiger partial charge in [0.15, 0.2) is 0 Å². The Labute approximate surface area is 110 Å². The van der Waals surface area contributed by atoms with E-state index in [0.29, 0.717) is 0 Å². The van der Waals surface area contributed by atoms with E-state index in [0.717, 1.165) is 11.8 Å². The largest absolute Gasteiger partial charge is 0.467 e. The van der Waals surface area contributed by atoms with Gasteiger partial charge in [0.05, 0.1) is 19.8 Å². The van der Waals surface area contributed by atoms with E-state index in [4.69, 9.17) is 10.2 Å². The molecule has 1 amide bonds. The number of thioether (sulfide) groups is 1. The van der Waals surface area contributed by atoms with Crippen molar-refractivity contribution in [1.29, 1.82) is 0 Å². The number of hydrogen-bond donors (Lipinski definition) is 4. The molecule has 0 spiro atoms. The fraction of sp³-hybridized carbons (Fsp3) is 0.800. The van der Waals surface area contributed by atoms with Gasteiger partial charge in [-0.3, -0.25) is 4.79 Å². The lowest BCUT2D eigenvalue weighted by Crippen LogP contribution is -2.42. The van der Waals surface area contributed by atoms with Crippen LogP contribution in [0.15, 0.2) is 0 Å². The van der Waals surface area contributed by atoms with Crippen LogP contribution in [0.5, 0.6) is 0 Å². The zero-order valence-electron chi connectivity index (χ0n) is 10.3.